The molecule has 1 nitrogen and oxygen atoms in total. The van der Waals surface area contributed by atoms with Crippen LogP contribution in [0.3, 0.4) is 0 Å². The fraction of sp³-hybridized carbons (Fsp3) is 0.0317. The van der Waals surface area contributed by atoms with Crippen molar-refractivity contribution < 1.29 is 0 Å². The highest BCUT2D eigenvalue weighted by molar-refractivity contribution is 6.44. The quantitative estimate of drug-likeness (QED) is 0.163. The summed E-state index contributed by atoms with van der Waals surface area (Å²) < 4.78 is 0. The molecule has 0 amide bonds. The molecule has 0 fully saturated rings. The van der Waals surface area contributed by atoms with Gasteiger partial charge in [-0.05, 0) is 197 Å². The van der Waals surface area contributed by atoms with E-state index < -0.39 is 0 Å². The fourth-order valence-electron chi connectivity index (χ4n) is 11.9. The molecule has 14 rings (SSSR count). The Labute approximate surface area is 369 Å². The van der Waals surface area contributed by atoms with E-state index >= 15 is 0 Å². The van der Waals surface area contributed by atoms with E-state index in [1.165, 1.54) is 141 Å². The second-order valence-corrected chi connectivity index (χ2v) is 17.9. The Bertz CT molecular complexity index is 4260. The van der Waals surface area contributed by atoms with Gasteiger partial charge in [-0.25, -0.2) is 0 Å². The zero-order valence-electron chi connectivity index (χ0n) is 35.3. The van der Waals surface area contributed by atoms with Gasteiger partial charge < -0.3 is 0 Å². The van der Waals surface area contributed by atoms with Gasteiger partial charge in [-0.1, -0.05) is 158 Å². The van der Waals surface area contributed by atoms with Gasteiger partial charge in [-0.15, -0.1) is 0 Å². The van der Waals surface area contributed by atoms with E-state index in [0.717, 1.165) is 11.1 Å². The molecule has 0 aliphatic rings. The highest BCUT2D eigenvalue weighted by atomic mass is 14.3. The predicted octanol–water partition coefficient (Wildman–Crippen LogP) is 17.5. The highest BCUT2D eigenvalue weighted by Gasteiger charge is 2.27. The van der Waals surface area contributed by atoms with E-state index in [1.54, 1.807) is 0 Å². The van der Waals surface area contributed by atoms with Crippen molar-refractivity contribution in [1.82, 2.24) is 0 Å². The number of rotatable bonds is 4. The number of hydrogen-bond donors (Lipinski definition) is 0. The van der Waals surface area contributed by atoms with Crippen LogP contribution in [0.2, 0.25) is 0 Å². The van der Waals surface area contributed by atoms with Crippen LogP contribution < -0.4 is 0 Å². The highest BCUT2D eigenvalue weighted by Crippen LogP contribution is 2.55. The molecule has 64 heavy (non-hydrogen) atoms. The van der Waals surface area contributed by atoms with Crippen molar-refractivity contribution in [2.45, 2.75) is 13.8 Å². The molecule has 0 N–H and O–H groups in total. The standard InChI is InChI=1S/C63H37N/c1-35-29-44(38-21-19-37(34-64)20-22-38)30-36(2)55(35)46-27-28-49-60-45(46)17-10-18-48(60)62-57(39-11-5-3-6-12-39)54-33-51-50(32-53(54)58(63(49)62)40-13-7-4-8-14-40)47-26-25-42-24-23-41-15-9-16-43-31-52(51)61(47)59(42)56(41)43/h3-33H,1-2H3. The van der Waals surface area contributed by atoms with Gasteiger partial charge in [-0.2, -0.15) is 5.26 Å². The SMILES string of the molecule is Cc1cc(-c2ccc(C#N)cc2)cc(C)c1-c1ccc2c3c(-c4ccccc4)c4cc5c(cc4c(-c4ccccc4)c3c3cccc1c23)c1cc2cccc3ccc4ccc5c1c4c32. The van der Waals surface area contributed by atoms with Crippen LogP contribution in [-0.4, -0.2) is 0 Å². The Morgan fingerprint density at radius 1 is 0.297 bits per heavy atom. The van der Waals surface area contributed by atoms with E-state index in [2.05, 4.69) is 196 Å². The summed E-state index contributed by atoms with van der Waals surface area (Å²) in [6.45, 7) is 4.48. The zero-order chi connectivity index (χ0) is 42.4. The first-order valence-corrected chi connectivity index (χ1v) is 22.2. The van der Waals surface area contributed by atoms with Crippen LogP contribution >= 0.6 is 0 Å². The van der Waals surface area contributed by atoms with E-state index in [0.29, 0.717) is 5.56 Å². The molecule has 1 heteroatoms. The molecule has 0 saturated carbocycles. The van der Waals surface area contributed by atoms with Crippen LogP contribution in [0.5, 0.6) is 0 Å². The molecule has 0 aliphatic heterocycles. The van der Waals surface area contributed by atoms with Gasteiger partial charge in [-0.3, -0.25) is 0 Å². The summed E-state index contributed by atoms with van der Waals surface area (Å²) in [7, 11) is 0. The third kappa shape index (κ3) is 4.67. The van der Waals surface area contributed by atoms with E-state index in [4.69, 9.17) is 0 Å². The van der Waals surface area contributed by atoms with Crippen molar-refractivity contribution in [3.05, 3.63) is 205 Å². The first-order chi connectivity index (χ1) is 31.5. The maximum Gasteiger partial charge on any atom is 0.0991 e. The van der Waals surface area contributed by atoms with Gasteiger partial charge >= 0.3 is 0 Å². The summed E-state index contributed by atoms with van der Waals surface area (Å²) in [6.07, 6.45) is 0. The molecule has 0 atom stereocenters. The molecular weight excluding hydrogens is 771 g/mol. The van der Waals surface area contributed by atoms with Crippen molar-refractivity contribution >= 4 is 97.0 Å². The van der Waals surface area contributed by atoms with Gasteiger partial charge in [0, 0.05) is 0 Å². The molecular formula is C63H37N. The van der Waals surface area contributed by atoms with E-state index in [1.807, 2.05) is 12.1 Å². The van der Waals surface area contributed by atoms with Crippen molar-refractivity contribution in [2.24, 2.45) is 0 Å². The van der Waals surface area contributed by atoms with Gasteiger partial charge in [0.1, 0.15) is 0 Å². The second-order valence-electron chi connectivity index (χ2n) is 17.9. The Kier molecular flexibility index (Phi) is 7.10. The lowest BCUT2D eigenvalue weighted by Crippen LogP contribution is -1.92. The van der Waals surface area contributed by atoms with Crippen molar-refractivity contribution in [3.8, 4) is 50.6 Å². The minimum Gasteiger partial charge on any atom is -0.192 e. The summed E-state index contributed by atoms with van der Waals surface area (Å²) in [5.74, 6) is 0. The molecule has 0 saturated heterocycles. The normalized spacial score (nSPS) is 12.2. The van der Waals surface area contributed by atoms with Gasteiger partial charge in [0.2, 0.25) is 0 Å². The Morgan fingerprint density at radius 2 is 0.859 bits per heavy atom. The average molecular weight is 808 g/mol. The monoisotopic (exact) mass is 807 g/mol. The lowest BCUT2D eigenvalue weighted by atomic mass is 9.85. The number of nitrogens with zero attached hydrogens (tertiary/aromatic N) is 1. The minimum atomic E-state index is 0.673. The first-order valence-electron chi connectivity index (χ1n) is 22.2. The van der Waals surface area contributed by atoms with Gasteiger partial charge in [0.05, 0.1) is 11.6 Å². The summed E-state index contributed by atoms with van der Waals surface area (Å²) >= 11 is 0. The Morgan fingerprint density at radius 3 is 1.53 bits per heavy atom. The average Bonchev–Trinajstić information content (AvgIpc) is 3.83. The molecule has 0 bridgehead atoms. The Balaban J connectivity index is 1.14. The number of aryl methyl sites for hydroxylation is 2. The first kappa shape index (κ1) is 35.3. The maximum atomic E-state index is 9.42. The zero-order valence-corrected chi connectivity index (χ0v) is 35.3. The smallest absolute Gasteiger partial charge is 0.0991 e. The second kappa shape index (κ2) is 12.9. The lowest BCUT2D eigenvalue weighted by molar-refractivity contribution is 1.38. The summed E-state index contributed by atoms with van der Waals surface area (Å²) in [6, 6.07) is 72.3. The third-order valence-electron chi connectivity index (χ3n) is 14.5. The van der Waals surface area contributed by atoms with Crippen LogP contribution in [0, 0.1) is 25.2 Å². The summed E-state index contributed by atoms with van der Waals surface area (Å²) in [5.41, 5.74) is 13.0. The van der Waals surface area contributed by atoms with Crippen LogP contribution in [0.1, 0.15) is 16.7 Å². The van der Waals surface area contributed by atoms with Crippen LogP contribution in [0.15, 0.2) is 188 Å². The minimum absolute atomic E-state index is 0.673. The van der Waals surface area contributed by atoms with Crippen LogP contribution in [-0.2, 0) is 0 Å². The molecule has 0 heterocycles. The van der Waals surface area contributed by atoms with Crippen molar-refractivity contribution in [2.75, 3.05) is 0 Å². The number of fused-ring (bicyclic) bond motifs is 7. The lowest BCUT2D eigenvalue weighted by Gasteiger charge is -2.17. The van der Waals surface area contributed by atoms with Crippen molar-refractivity contribution in [3.63, 3.8) is 0 Å². The number of hydrogen-bond acceptors (Lipinski definition) is 1. The molecule has 0 aromatic heterocycles. The van der Waals surface area contributed by atoms with E-state index in [9.17, 15) is 5.26 Å². The third-order valence-corrected chi connectivity index (χ3v) is 14.5. The fourth-order valence-corrected chi connectivity index (χ4v) is 11.9. The Hall–Kier alpha value is -8.31. The number of benzene rings is 12. The van der Waals surface area contributed by atoms with Gasteiger partial charge in [0.15, 0.2) is 0 Å². The molecule has 0 radical (unpaired) electrons. The molecule has 14 aromatic rings. The van der Waals surface area contributed by atoms with Crippen LogP contribution in [0.4, 0.5) is 0 Å². The van der Waals surface area contributed by atoms with Gasteiger partial charge in [0.25, 0.3) is 0 Å². The predicted molar refractivity (Wildman–Crippen MR) is 273 cm³/mol. The molecule has 14 aromatic carbocycles. The summed E-state index contributed by atoms with van der Waals surface area (Å²) in [5, 5.41) is 33.0. The van der Waals surface area contributed by atoms with Crippen molar-refractivity contribution in [1.29, 1.82) is 5.26 Å². The largest absolute Gasteiger partial charge is 0.192 e. The maximum absolute atomic E-state index is 9.42. The topological polar surface area (TPSA) is 23.8 Å². The molecule has 0 unspecified atom stereocenters. The molecule has 0 aliphatic carbocycles. The van der Waals surface area contributed by atoms with Crippen LogP contribution in [0.25, 0.3) is 141 Å². The molecule has 294 valence electrons. The summed E-state index contributed by atoms with van der Waals surface area (Å²) in [4.78, 5) is 0. The molecule has 0 spiro atoms. The number of nitriles is 1. The van der Waals surface area contributed by atoms with E-state index in [-0.39, 0.29) is 0 Å².